The maximum Gasteiger partial charge on any atom is 0.0613 e. The molecule has 0 bridgehead atoms. The summed E-state index contributed by atoms with van der Waals surface area (Å²) in [6.07, 6.45) is 4.74. The Morgan fingerprint density at radius 1 is 1.50 bits per heavy atom. The standard InChI is InChI=1S/C8H17NO/c1-2-6-9-8(7-10)4-3-5-8/h9-10H,2-7H2,1H3. The molecule has 0 radical (unpaired) electrons. The Labute approximate surface area is 62.6 Å². The average Bonchev–Trinajstić information content (AvgIpc) is 1.87. The van der Waals surface area contributed by atoms with E-state index in [4.69, 9.17) is 5.11 Å². The molecule has 2 N–H and O–H groups in total. The maximum atomic E-state index is 9.00. The molecule has 0 amide bonds. The molecule has 0 aromatic heterocycles. The molecule has 0 heterocycles. The second kappa shape index (κ2) is 3.35. The lowest BCUT2D eigenvalue weighted by molar-refractivity contribution is 0.0892. The molecule has 0 atom stereocenters. The van der Waals surface area contributed by atoms with Gasteiger partial charge in [-0.05, 0) is 32.2 Å². The van der Waals surface area contributed by atoms with Crippen molar-refractivity contribution in [1.29, 1.82) is 0 Å². The van der Waals surface area contributed by atoms with Gasteiger partial charge in [0.15, 0.2) is 0 Å². The van der Waals surface area contributed by atoms with Gasteiger partial charge in [-0.1, -0.05) is 6.92 Å². The Morgan fingerprint density at radius 3 is 2.50 bits per heavy atom. The van der Waals surface area contributed by atoms with E-state index in [-0.39, 0.29) is 5.54 Å². The van der Waals surface area contributed by atoms with E-state index in [1.807, 2.05) is 0 Å². The van der Waals surface area contributed by atoms with E-state index in [2.05, 4.69) is 12.2 Å². The molecule has 2 nitrogen and oxygen atoms in total. The van der Waals surface area contributed by atoms with E-state index < -0.39 is 0 Å². The van der Waals surface area contributed by atoms with Gasteiger partial charge in [-0.3, -0.25) is 0 Å². The van der Waals surface area contributed by atoms with Gasteiger partial charge in [-0.25, -0.2) is 0 Å². The van der Waals surface area contributed by atoms with Crippen LogP contribution in [0.1, 0.15) is 32.6 Å². The predicted molar refractivity (Wildman–Crippen MR) is 42.0 cm³/mol. The summed E-state index contributed by atoms with van der Waals surface area (Å²) in [6.45, 7) is 3.50. The maximum absolute atomic E-state index is 9.00. The number of aliphatic hydroxyl groups is 1. The summed E-state index contributed by atoms with van der Waals surface area (Å²) in [5.74, 6) is 0. The van der Waals surface area contributed by atoms with Crippen LogP contribution in [0.4, 0.5) is 0 Å². The van der Waals surface area contributed by atoms with Crippen LogP contribution >= 0.6 is 0 Å². The molecule has 1 rings (SSSR count). The van der Waals surface area contributed by atoms with Crippen molar-refractivity contribution in [2.24, 2.45) is 0 Å². The molecular formula is C8H17NO. The molecular weight excluding hydrogens is 126 g/mol. The fourth-order valence-corrected chi connectivity index (χ4v) is 1.38. The van der Waals surface area contributed by atoms with Crippen LogP contribution in [0.5, 0.6) is 0 Å². The van der Waals surface area contributed by atoms with Crippen molar-refractivity contribution in [2.75, 3.05) is 13.2 Å². The van der Waals surface area contributed by atoms with Gasteiger partial charge < -0.3 is 10.4 Å². The first-order valence-electron chi connectivity index (χ1n) is 4.19. The van der Waals surface area contributed by atoms with E-state index in [1.165, 1.54) is 6.42 Å². The van der Waals surface area contributed by atoms with Gasteiger partial charge in [0.2, 0.25) is 0 Å². The fraction of sp³-hybridized carbons (Fsp3) is 1.00. The minimum absolute atomic E-state index is 0.121. The first-order chi connectivity index (χ1) is 4.83. The lowest BCUT2D eigenvalue weighted by Gasteiger charge is -2.41. The highest BCUT2D eigenvalue weighted by molar-refractivity contribution is 4.94. The Balaban J connectivity index is 2.20. The van der Waals surface area contributed by atoms with Gasteiger partial charge in [0.25, 0.3) is 0 Å². The molecule has 2 heteroatoms. The van der Waals surface area contributed by atoms with Gasteiger partial charge in [0.1, 0.15) is 0 Å². The summed E-state index contributed by atoms with van der Waals surface area (Å²) < 4.78 is 0. The van der Waals surface area contributed by atoms with E-state index in [1.54, 1.807) is 0 Å². The van der Waals surface area contributed by atoms with Crippen LogP contribution in [-0.2, 0) is 0 Å². The summed E-state index contributed by atoms with van der Waals surface area (Å²) >= 11 is 0. The third-order valence-corrected chi connectivity index (χ3v) is 2.36. The summed E-state index contributed by atoms with van der Waals surface area (Å²) in [5.41, 5.74) is 0.121. The normalized spacial score (nSPS) is 22.2. The number of hydrogen-bond donors (Lipinski definition) is 2. The van der Waals surface area contributed by atoms with E-state index in [0.29, 0.717) is 6.61 Å². The second-order valence-electron chi connectivity index (χ2n) is 3.22. The third-order valence-electron chi connectivity index (χ3n) is 2.36. The van der Waals surface area contributed by atoms with E-state index in [0.717, 1.165) is 25.8 Å². The lowest BCUT2D eigenvalue weighted by Crippen LogP contribution is -2.54. The molecule has 0 aliphatic heterocycles. The summed E-state index contributed by atoms with van der Waals surface area (Å²) in [5, 5.41) is 12.4. The van der Waals surface area contributed by atoms with Gasteiger partial charge in [-0.15, -0.1) is 0 Å². The van der Waals surface area contributed by atoms with Gasteiger partial charge in [-0.2, -0.15) is 0 Å². The van der Waals surface area contributed by atoms with Gasteiger partial charge in [0.05, 0.1) is 6.61 Å². The number of rotatable bonds is 4. The molecule has 0 aromatic carbocycles. The van der Waals surface area contributed by atoms with Crippen LogP contribution in [0.3, 0.4) is 0 Å². The Kier molecular flexibility index (Phi) is 2.69. The van der Waals surface area contributed by atoms with Gasteiger partial charge in [0, 0.05) is 5.54 Å². The first kappa shape index (κ1) is 8.02. The smallest absolute Gasteiger partial charge is 0.0613 e. The number of hydrogen-bond acceptors (Lipinski definition) is 2. The van der Waals surface area contributed by atoms with Crippen molar-refractivity contribution in [2.45, 2.75) is 38.1 Å². The first-order valence-corrected chi connectivity index (χ1v) is 4.19. The molecule has 1 fully saturated rings. The monoisotopic (exact) mass is 143 g/mol. The topological polar surface area (TPSA) is 32.3 Å². The Morgan fingerprint density at radius 2 is 2.20 bits per heavy atom. The summed E-state index contributed by atoms with van der Waals surface area (Å²) in [4.78, 5) is 0. The van der Waals surface area contributed by atoms with Crippen molar-refractivity contribution in [1.82, 2.24) is 5.32 Å². The van der Waals surface area contributed by atoms with Crippen LogP contribution in [0, 0.1) is 0 Å². The van der Waals surface area contributed by atoms with Crippen molar-refractivity contribution < 1.29 is 5.11 Å². The molecule has 1 aliphatic carbocycles. The summed E-state index contributed by atoms with van der Waals surface area (Å²) in [7, 11) is 0. The molecule has 1 saturated carbocycles. The van der Waals surface area contributed by atoms with Crippen molar-refractivity contribution in [3.63, 3.8) is 0 Å². The number of nitrogens with one attached hydrogen (secondary N) is 1. The minimum atomic E-state index is 0.121. The quantitative estimate of drug-likeness (QED) is 0.613. The minimum Gasteiger partial charge on any atom is -0.394 e. The zero-order valence-corrected chi connectivity index (χ0v) is 6.69. The Hall–Kier alpha value is -0.0800. The zero-order valence-electron chi connectivity index (χ0n) is 6.69. The Bertz CT molecular complexity index is 93.9. The highest BCUT2D eigenvalue weighted by Gasteiger charge is 2.34. The SMILES string of the molecule is CCCNC1(CO)CCC1. The molecule has 0 aromatic rings. The molecule has 0 spiro atoms. The van der Waals surface area contributed by atoms with Crippen molar-refractivity contribution in [3.8, 4) is 0 Å². The molecule has 10 heavy (non-hydrogen) atoms. The lowest BCUT2D eigenvalue weighted by atomic mass is 9.77. The third kappa shape index (κ3) is 1.50. The van der Waals surface area contributed by atoms with Crippen molar-refractivity contribution in [3.05, 3.63) is 0 Å². The average molecular weight is 143 g/mol. The van der Waals surface area contributed by atoms with Crippen LogP contribution in [0.15, 0.2) is 0 Å². The number of aliphatic hydroxyl groups excluding tert-OH is 1. The van der Waals surface area contributed by atoms with Crippen LogP contribution in [0.2, 0.25) is 0 Å². The van der Waals surface area contributed by atoms with Gasteiger partial charge >= 0.3 is 0 Å². The largest absolute Gasteiger partial charge is 0.394 e. The molecule has 0 saturated heterocycles. The van der Waals surface area contributed by atoms with E-state index >= 15 is 0 Å². The molecule has 1 aliphatic rings. The van der Waals surface area contributed by atoms with Crippen LogP contribution < -0.4 is 5.32 Å². The zero-order chi connectivity index (χ0) is 7.45. The van der Waals surface area contributed by atoms with Crippen LogP contribution in [0.25, 0.3) is 0 Å². The summed E-state index contributed by atoms with van der Waals surface area (Å²) in [6, 6.07) is 0. The second-order valence-corrected chi connectivity index (χ2v) is 3.22. The molecule has 0 unspecified atom stereocenters. The fourth-order valence-electron chi connectivity index (χ4n) is 1.38. The highest BCUT2D eigenvalue weighted by Crippen LogP contribution is 2.30. The molecule has 60 valence electrons. The van der Waals surface area contributed by atoms with Crippen molar-refractivity contribution >= 4 is 0 Å². The van der Waals surface area contributed by atoms with Crippen LogP contribution in [-0.4, -0.2) is 23.8 Å². The van der Waals surface area contributed by atoms with E-state index in [9.17, 15) is 0 Å². The predicted octanol–water partition coefficient (Wildman–Crippen LogP) is 0.901. The highest BCUT2D eigenvalue weighted by atomic mass is 16.3.